The molecule has 0 saturated heterocycles. The highest BCUT2D eigenvalue weighted by Crippen LogP contribution is 2.15. The minimum absolute atomic E-state index is 0.0146. The summed E-state index contributed by atoms with van der Waals surface area (Å²) in [5.41, 5.74) is 1.52. The summed E-state index contributed by atoms with van der Waals surface area (Å²) in [6, 6.07) is 0. The number of aliphatic hydroxyl groups excluding tert-OH is 1. The van der Waals surface area contributed by atoms with Gasteiger partial charge in [0.05, 0.1) is 29.8 Å². The van der Waals surface area contributed by atoms with E-state index in [1.54, 1.807) is 31.3 Å². The van der Waals surface area contributed by atoms with Gasteiger partial charge in [-0.15, -0.1) is 11.3 Å². The van der Waals surface area contributed by atoms with Crippen LogP contribution in [0.5, 0.6) is 0 Å². The number of esters is 1. The SMILES string of the molecule is CCOC(=O)CC(O)C(C)=Cc1csc(C)n1. The Morgan fingerprint density at radius 3 is 2.94 bits per heavy atom. The van der Waals surface area contributed by atoms with Gasteiger partial charge in [0.1, 0.15) is 0 Å². The first kappa shape index (κ1) is 13.9. The molecule has 0 spiro atoms. The number of carbonyl (C=O) groups is 1. The van der Waals surface area contributed by atoms with Gasteiger partial charge >= 0.3 is 5.97 Å². The topological polar surface area (TPSA) is 59.4 Å². The van der Waals surface area contributed by atoms with E-state index in [9.17, 15) is 9.90 Å². The predicted octanol–water partition coefficient (Wildman–Crippen LogP) is 2.17. The molecule has 0 radical (unpaired) electrons. The van der Waals surface area contributed by atoms with E-state index in [-0.39, 0.29) is 12.4 Å². The van der Waals surface area contributed by atoms with Crippen molar-refractivity contribution in [1.29, 1.82) is 0 Å². The van der Waals surface area contributed by atoms with Crippen LogP contribution in [0.25, 0.3) is 6.08 Å². The Bertz CT molecular complexity index is 412. The third-order valence-corrected chi connectivity index (χ3v) is 3.00. The summed E-state index contributed by atoms with van der Waals surface area (Å²) in [4.78, 5) is 15.5. The van der Waals surface area contributed by atoms with E-state index in [0.29, 0.717) is 12.2 Å². The summed E-state index contributed by atoms with van der Waals surface area (Å²) >= 11 is 1.55. The Balaban J connectivity index is 2.59. The third-order valence-electron chi connectivity index (χ3n) is 2.20. The molecule has 1 unspecified atom stereocenters. The zero-order valence-corrected chi connectivity index (χ0v) is 11.1. The Morgan fingerprint density at radius 2 is 2.41 bits per heavy atom. The first-order valence-electron chi connectivity index (χ1n) is 5.47. The van der Waals surface area contributed by atoms with Crippen molar-refractivity contribution in [2.75, 3.05) is 6.61 Å². The molecule has 4 nitrogen and oxygen atoms in total. The maximum atomic E-state index is 11.2. The molecule has 1 atom stereocenters. The van der Waals surface area contributed by atoms with Crippen LogP contribution < -0.4 is 0 Å². The number of ether oxygens (including phenoxy) is 1. The smallest absolute Gasteiger partial charge is 0.308 e. The molecule has 1 rings (SSSR count). The van der Waals surface area contributed by atoms with Gasteiger partial charge in [0.2, 0.25) is 0 Å². The number of nitrogens with zero attached hydrogens (tertiary/aromatic N) is 1. The lowest BCUT2D eigenvalue weighted by Gasteiger charge is -2.09. The fourth-order valence-corrected chi connectivity index (χ4v) is 1.88. The number of aliphatic hydroxyl groups is 1. The molecule has 94 valence electrons. The van der Waals surface area contributed by atoms with Gasteiger partial charge in [-0.2, -0.15) is 0 Å². The summed E-state index contributed by atoms with van der Waals surface area (Å²) in [5.74, 6) is -0.387. The Hall–Kier alpha value is -1.20. The Kier molecular flexibility index (Phi) is 5.31. The quantitative estimate of drug-likeness (QED) is 0.819. The van der Waals surface area contributed by atoms with Crippen molar-refractivity contribution >= 4 is 23.4 Å². The van der Waals surface area contributed by atoms with Crippen LogP contribution in [0.4, 0.5) is 0 Å². The lowest BCUT2D eigenvalue weighted by Crippen LogP contribution is -2.16. The molecule has 1 aromatic heterocycles. The van der Waals surface area contributed by atoms with Crippen molar-refractivity contribution in [3.8, 4) is 0 Å². The van der Waals surface area contributed by atoms with Gasteiger partial charge in [-0.25, -0.2) is 4.98 Å². The summed E-state index contributed by atoms with van der Waals surface area (Å²) in [6.45, 7) is 5.77. The van der Waals surface area contributed by atoms with Crippen LogP contribution in [0.2, 0.25) is 0 Å². The molecule has 1 aromatic rings. The highest BCUT2D eigenvalue weighted by molar-refractivity contribution is 7.09. The second kappa shape index (κ2) is 6.51. The molecule has 17 heavy (non-hydrogen) atoms. The number of thiazole rings is 1. The van der Waals surface area contributed by atoms with E-state index in [1.165, 1.54) is 0 Å². The third kappa shape index (κ3) is 4.66. The maximum Gasteiger partial charge on any atom is 0.308 e. The zero-order chi connectivity index (χ0) is 12.8. The molecule has 0 bridgehead atoms. The summed E-state index contributed by atoms with van der Waals surface area (Å²) in [6.07, 6.45) is 0.961. The van der Waals surface area contributed by atoms with Gasteiger partial charge in [-0.3, -0.25) is 4.79 Å². The number of aromatic nitrogens is 1. The normalized spacial score (nSPS) is 13.5. The number of aryl methyl sites for hydroxylation is 1. The monoisotopic (exact) mass is 255 g/mol. The lowest BCUT2D eigenvalue weighted by molar-refractivity contribution is -0.144. The van der Waals surface area contributed by atoms with Gasteiger partial charge in [-0.1, -0.05) is 0 Å². The maximum absolute atomic E-state index is 11.2. The van der Waals surface area contributed by atoms with E-state index in [4.69, 9.17) is 4.74 Å². The minimum atomic E-state index is -0.809. The van der Waals surface area contributed by atoms with E-state index in [2.05, 4.69) is 4.98 Å². The second-order valence-electron chi connectivity index (χ2n) is 3.70. The molecule has 0 aliphatic rings. The fraction of sp³-hybridized carbons (Fsp3) is 0.500. The number of carbonyl (C=O) groups excluding carboxylic acids is 1. The van der Waals surface area contributed by atoms with Gasteiger partial charge in [-0.05, 0) is 32.4 Å². The van der Waals surface area contributed by atoms with Crippen molar-refractivity contribution in [3.05, 3.63) is 21.7 Å². The highest BCUT2D eigenvalue weighted by Gasteiger charge is 2.13. The minimum Gasteiger partial charge on any atom is -0.466 e. The lowest BCUT2D eigenvalue weighted by atomic mass is 10.1. The van der Waals surface area contributed by atoms with Gasteiger partial charge in [0, 0.05) is 5.38 Å². The summed E-state index contributed by atoms with van der Waals surface area (Å²) in [7, 11) is 0. The molecule has 0 aromatic carbocycles. The van der Waals surface area contributed by atoms with Crippen LogP contribution in [0.15, 0.2) is 11.0 Å². The van der Waals surface area contributed by atoms with E-state index in [0.717, 1.165) is 10.7 Å². The molecule has 0 amide bonds. The first-order chi connectivity index (χ1) is 8.02. The first-order valence-corrected chi connectivity index (χ1v) is 6.35. The van der Waals surface area contributed by atoms with Crippen molar-refractivity contribution < 1.29 is 14.6 Å². The van der Waals surface area contributed by atoms with Crippen LogP contribution in [0.1, 0.15) is 31.0 Å². The van der Waals surface area contributed by atoms with Crippen LogP contribution in [0, 0.1) is 6.92 Å². The van der Waals surface area contributed by atoms with Crippen LogP contribution in [-0.4, -0.2) is 28.8 Å². The molecule has 0 fully saturated rings. The van der Waals surface area contributed by atoms with Crippen molar-refractivity contribution in [1.82, 2.24) is 4.98 Å². The van der Waals surface area contributed by atoms with Crippen LogP contribution >= 0.6 is 11.3 Å². The molecule has 5 heteroatoms. The van der Waals surface area contributed by atoms with Crippen LogP contribution in [-0.2, 0) is 9.53 Å². The second-order valence-corrected chi connectivity index (χ2v) is 4.77. The van der Waals surface area contributed by atoms with Gasteiger partial charge in [0.15, 0.2) is 0 Å². The van der Waals surface area contributed by atoms with Gasteiger partial charge in [0.25, 0.3) is 0 Å². The fourth-order valence-electron chi connectivity index (χ4n) is 1.31. The standard InChI is InChI=1S/C12H17NO3S/c1-4-16-12(15)6-11(14)8(2)5-10-7-17-9(3)13-10/h5,7,11,14H,4,6H2,1-3H3. The predicted molar refractivity (Wildman–Crippen MR) is 67.8 cm³/mol. The number of hydrogen-bond donors (Lipinski definition) is 1. The Labute approximate surface area is 105 Å². The van der Waals surface area contributed by atoms with Crippen molar-refractivity contribution in [2.24, 2.45) is 0 Å². The average molecular weight is 255 g/mol. The largest absolute Gasteiger partial charge is 0.466 e. The Morgan fingerprint density at radius 1 is 1.71 bits per heavy atom. The number of rotatable bonds is 5. The van der Waals surface area contributed by atoms with Crippen LogP contribution in [0.3, 0.4) is 0 Å². The number of hydrogen-bond acceptors (Lipinski definition) is 5. The molecular weight excluding hydrogens is 238 g/mol. The average Bonchev–Trinajstić information content (AvgIpc) is 2.64. The molecule has 1 N–H and O–H groups in total. The molecule has 0 aliphatic carbocycles. The molecular formula is C12H17NO3S. The summed E-state index contributed by atoms with van der Waals surface area (Å²) in [5, 5.41) is 12.7. The van der Waals surface area contributed by atoms with Crippen molar-refractivity contribution in [3.63, 3.8) is 0 Å². The van der Waals surface area contributed by atoms with E-state index >= 15 is 0 Å². The molecule has 1 heterocycles. The van der Waals surface area contributed by atoms with E-state index < -0.39 is 6.10 Å². The zero-order valence-electron chi connectivity index (χ0n) is 10.3. The van der Waals surface area contributed by atoms with Gasteiger partial charge < -0.3 is 9.84 Å². The highest BCUT2D eigenvalue weighted by atomic mass is 32.1. The molecule has 0 saturated carbocycles. The summed E-state index contributed by atoms with van der Waals surface area (Å²) < 4.78 is 4.78. The van der Waals surface area contributed by atoms with Crippen molar-refractivity contribution in [2.45, 2.75) is 33.3 Å². The van der Waals surface area contributed by atoms with E-state index in [1.807, 2.05) is 12.3 Å². The molecule has 0 aliphatic heterocycles.